The molecule has 0 spiro atoms. The second-order valence-corrected chi connectivity index (χ2v) is 5.55. The summed E-state index contributed by atoms with van der Waals surface area (Å²) in [6.45, 7) is 0.417. The zero-order chi connectivity index (χ0) is 15.9. The van der Waals surface area contributed by atoms with Crippen LogP contribution >= 0.6 is 15.9 Å². The van der Waals surface area contributed by atoms with E-state index in [-0.39, 0.29) is 5.91 Å². The lowest BCUT2D eigenvalue weighted by atomic mass is 10.1. The minimum absolute atomic E-state index is 0.175. The molecule has 0 aliphatic heterocycles. The molecule has 2 aromatic carbocycles. The zero-order valence-electron chi connectivity index (χ0n) is 12.5. The van der Waals surface area contributed by atoms with Gasteiger partial charge in [0.05, 0.1) is 4.47 Å². The van der Waals surface area contributed by atoms with Crippen molar-refractivity contribution in [2.45, 2.75) is 12.7 Å². The maximum atomic E-state index is 11.8. The molecule has 0 aliphatic carbocycles. The van der Waals surface area contributed by atoms with Gasteiger partial charge in [0.1, 0.15) is 12.4 Å². The summed E-state index contributed by atoms with van der Waals surface area (Å²) in [6, 6.07) is 15.3. The SMILES string of the molecule is CNC(=O)C(OC)c1cccc(COc2ccccc2Br)c1. The van der Waals surface area contributed by atoms with E-state index in [1.54, 1.807) is 7.05 Å². The molecule has 2 rings (SSSR count). The molecule has 2 aromatic rings. The third-order valence-corrected chi connectivity index (χ3v) is 3.86. The lowest BCUT2D eigenvalue weighted by molar-refractivity contribution is -0.130. The van der Waals surface area contributed by atoms with Crippen molar-refractivity contribution in [1.29, 1.82) is 0 Å². The van der Waals surface area contributed by atoms with Crippen molar-refractivity contribution in [3.05, 3.63) is 64.1 Å². The second-order valence-electron chi connectivity index (χ2n) is 4.69. The van der Waals surface area contributed by atoms with E-state index in [1.807, 2.05) is 48.5 Å². The van der Waals surface area contributed by atoms with Crippen LogP contribution in [0.2, 0.25) is 0 Å². The molecule has 1 N–H and O–H groups in total. The van der Waals surface area contributed by atoms with Gasteiger partial charge in [0.2, 0.25) is 0 Å². The maximum Gasteiger partial charge on any atom is 0.253 e. The Balaban J connectivity index is 2.11. The molecule has 22 heavy (non-hydrogen) atoms. The number of carbonyl (C=O) groups excluding carboxylic acids is 1. The molecule has 0 heterocycles. The fraction of sp³-hybridized carbons (Fsp3) is 0.235. The van der Waals surface area contributed by atoms with Crippen LogP contribution in [0, 0.1) is 0 Å². The smallest absolute Gasteiger partial charge is 0.253 e. The van der Waals surface area contributed by atoms with Crippen LogP contribution in [0.4, 0.5) is 0 Å². The van der Waals surface area contributed by atoms with Crippen molar-refractivity contribution < 1.29 is 14.3 Å². The molecule has 0 bridgehead atoms. The number of amides is 1. The molecule has 5 heteroatoms. The van der Waals surface area contributed by atoms with E-state index in [4.69, 9.17) is 9.47 Å². The Morgan fingerprint density at radius 2 is 2.00 bits per heavy atom. The summed E-state index contributed by atoms with van der Waals surface area (Å²) < 4.78 is 12.0. The molecule has 0 saturated heterocycles. The molecular formula is C17H18BrNO3. The first-order valence-electron chi connectivity index (χ1n) is 6.86. The fourth-order valence-electron chi connectivity index (χ4n) is 2.09. The number of hydrogen-bond donors (Lipinski definition) is 1. The topological polar surface area (TPSA) is 47.6 Å². The van der Waals surface area contributed by atoms with Crippen LogP contribution in [0.1, 0.15) is 17.2 Å². The molecule has 1 amide bonds. The Hall–Kier alpha value is -1.85. The van der Waals surface area contributed by atoms with Gasteiger partial charge in [0, 0.05) is 14.2 Å². The van der Waals surface area contributed by atoms with Crippen LogP contribution in [-0.2, 0) is 16.1 Å². The first-order valence-corrected chi connectivity index (χ1v) is 7.65. The van der Waals surface area contributed by atoms with Gasteiger partial charge in [0.25, 0.3) is 5.91 Å². The summed E-state index contributed by atoms with van der Waals surface area (Å²) in [7, 11) is 3.11. The summed E-state index contributed by atoms with van der Waals surface area (Å²) >= 11 is 3.45. The van der Waals surface area contributed by atoms with Gasteiger partial charge < -0.3 is 14.8 Å². The van der Waals surface area contributed by atoms with Crippen molar-refractivity contribution in [3.63, 3.8) is 0 Å². The third kappa shape index (κ3) is 4.08. The molecule has 116 valence electrons. The molecule has 0 saturated carbocycles. The molecular weight excluding hydrogens is 346 g/mol. The monoisotopic (exact) mass is 363 g/mol. The molecule has 0 radical (unpaired) electrons. The first-order chi connectivity index (χ1) is 10.7. The van der Waals surface area contributed by atoms with Gasteiger partial charge in [-0.1, -0.05) is 30.3 Å². The number of halogens is 1. The molecule has 0 aliphatic rings. The number of para-hydroxylation sites is 1. The zero-order valence-corrected chi connectivity index (χ0v) is 14.1. The van der Waals surface area contributed by atoms with Gasteiger partial charge in [0.15, 0.2) is 6.10 Å². The van der Waals surface area contributed by atoms with E-state index in [0.717, 1.165) is 21.3 Å². The number of nitrogens with one attached hydrogen (secondary N) is 1. The lowest BCUT2D eigenvalue weighted by Gasteiger charge is -2.15. The van der Waals surface area contributed by atoms with E-state index >= 15 is 0 Å². The molecule has 1 unspecified atom stereocenters. The van der Waals surface area contributed by atoms with E-state index in [9.17, 15) is 4.79 Å². The standard InChI is InChI=1S/C17H18BrNO3/c1-19-17(20)16(21-2)13-7-5-6-12(10-13)11-22-15-9-4-3-8-14(15)18/h3-10,16H,11H2,1-2H3,(H,19,20). The average Bonchev–Trinajstić information content (AvgIpc) is 2.55. The number of hydrogen-bond acceptors (Lipinski definition) is 3. The number of ether oxygens (including phenoxy) is 2. The Labute approximate surface area is 138 Å². The quantitative estimate of drug-likeness (QED) is 0.854. The van der Waals surface area contributed by atoms with Crippen LogP contribution in [-0.4, -0.2) is 20.1 Å². The average molecular weight is 364 g/mol. The van der Waals surface area contributed by atoms with Crippen molar-refractivity contribution in [2.75, 3.05) is 14.2 Å². The number of rotatable bonds is 6. The predicted molar refractivity (Wildman–Crippen MR) is 88.7 cm³/mol. The highest BCUT2D eigenvalue weighted by atomic mass is 79.9. The number of benzene rings is 2. The largest absolute Gasteiger partial charge is 0.488 e. The minimum Gasteiger partial charge on any atom is -0.488 e. The Kier molecular flexibility index (Phi) is 5.98. The highest BCUT2D eigenvalue weighted by Gasteiger charge is 2.18. The van der Waals surface area contributed by atoms with Crippen molar-refractivity contribution in [2.24, 2.45) is 0 Å². The van der Waals surface area contributed by atoms with Gasteiger partial charge in [-0.2, -0.15) is 0 Å². The number of likely N-dealkylation sites (N-methyl/N-ethyl adjacent to an activating group) is 1. The van der Waals surface area contributed by atoms with Crippen LogP contribution in [0.25, 0.3) is 0 Å². The Morgan fingerprint density at radius 1 is 1.23 bits per heavy atom. The lowest BCUT2D eigenvalue weighted by Crippen LogP contribution is -2.27. The van der Waals surface area contributed by atoms with Gasteiger partial charge >= 0.3 is 0 Å². The maximum absolute atomic E-state index is 11.8. The van der Waals surface area contributed by atoms with Gasteiger partial charge in [-0.05, 0) is 45.3 Å². The number of methoxy groups -OCH3 is 1. The predicted octanol–water partition coefficient (Wildman–Crippen LogP) is 3.46. The van der Waals surface area contributed by atoms with Crippen molar-refractivity contribution in [3.8, 4) is 5.75 Å². The molecule has 4 nitrogen and oxygen atoms in total. The van der Waals surface area contributed by atoms with Crippen molar-refractivity contribution >= 4 is 21.8 Å². The van der Waals surface area contributed by atoms with E-state index in [0.29, 0.717) is 6.61 Å². The van der Waals surface area contributed by atoms with Gasteiger partial charge in [-0.15, -0.1) is 0 Å². The van der Waals surface area contributed by atoms with E-state index < -0.39 is 6.10 Å². The summed E-state index contributed by atoms with van der Waals surface area (Å²) in [5, 5.41) is 2.60. The summed E-state index contributed by atoms with van der Waals surface area (Å²) in [5.41, 5.74) is 1.77. The highest BCUT2D eigenvalue weighted by Crippen LogP contribution is 2.25. The normalized spacial score (nSPS) is 11.8. The Bertz CT molecular complexity index is 645. The van der Waals surface area contributed by atoms with Crippen LogP contribution in [0.15, 0.2) is 53.0 Å². The summed E-state index contributed by atoms with van der Waals surface area (Å²) in [4.78, 5) is 11.8. The third-order valence-electron chi connectivity index (χ3n) is 3.21. The van der Waals surface area contributed by atoms with Crippen LogP contribution in [0.3, 0.4) is 0 Å². The molecule has 1 atom stereocenters. The van der Waals surface area contributed by atoms with E-state index in [2.05, 4.69) is 21.2 Å². The van der Waals surface area contributed by atoms with Crippen molar-refractivity contribution in [1.82, 2.24) is 5.32 Å². The fourth-order valence-corrected chi connectivity index (χ4v) is 2.49. The Morgan fingerprint density at radius 3 is 2.68 bits per heavy atom. The summed E-state index contributed by atoms with van der Waals surface area (Å²) in [6.07, 6.45) is -0.617. The second kappa shape index (κ2) is 7.96. The minimum atomic E-state index is -0.617. The molecule has 0 fully saturated rings. The van der Waals surface area contributed by atoms with E-state index in [1.165, 1.54) is 7.11 Å². The highest BCUT2D eigenvalue weighted by molar-refractivity contribution is 9.10. The number of carbonyl (C=O) groups is 1. The van der Waals surface area contributed by atoms with Gasteiger partial charge in [-0.25, -0.2) is 0 Å². The summed E-state index contributed by atoms with van der Waals surface area (Å²) in [5.74, 6) is 0.605. The van der Waals surface area contributed by atoms with Crippen LogP contribution < -0.4 is 10.1 Å². The van der Waals surface area contributed by atoms with Crippen LogP contribution in [0.5, 0.6) is 5.75 Å². The first kappa shape index (κ1) is 16.5. The molecule has 0 aromatic heterocycles. The van der Waals surface area contributed by atoms with Gasteiger partial charge in [-0.3, -0.25) is 4.79 Å².